The maximum absolute atomic E-state index is 14.1. The second kappa shape index (κ2) is 11.1. The van der Waals surface area contributed by atoms with Gasteiger partial charge < -0.3 is 10.3 Å². The van der Waals surface area contributed by atoms with Crippen LogP contribution in [0.2, 0.25) is 0 Å². The fourth-order valence-electron chi connectivity index (χ4n) is 3.36. The van der Waals surface area contributed by atoms with Crippen molar-refractivity contribution >= 4 is 45.7 Å². The summed E-state index contributed by atoms with van der Waals surface area (Å²) in [5.74, 6) is -0.283. The molecule has 0 aliphatic rings. The van der Waals surface area contributed by atoms with Gasteiger partial charge in [-0.15, -0.1) is 24.8 Å². The van der Waals surface area contributed by atoms with Crippen molar-refractivity contribution in [1.82, 2.24) is 13.9 Å². The van der Waals surface area contributed by atoms with Gasteiger partial charge in [0.15, 0.2) is 0 Å². The zero-order valence-electron chi connectivity index (χ0n) is 17.6. The van der Waals surface area contributed by atoms with Crippen molar-refractivity contribution in [3.63, 3.8) is 0 Å². The molecular weight excluding hydrogens is 462 g/mol. The number of benzene rings is 1. The molecule has 1 aromatic carbocycles. The Morgan fingerprint density at radius 2 is 1.84 bits per heavy atom. The molecule has 0 atom stereocenters. The molecule has 2 aromatic heterocycles. The minimum Gasteiger partial charge on any atom is -0.338 e. The van der Waals surface area contributed by atoms with Crippen LogP contribution in [0.25, 0.3) is 10.9 Å². The number of hydrogen-bond acceptors (Lipinski definition) is 4. The van der Waals surface area contributed by atoms with Crippen LogP contribution < -0.4 is 5.73 Å². The lowest BCUT2D eigenvalue weighted by atomic mass is 10.0. The first-order valence-corrected chi connectivity index (χ1v) is 10.7. The average molecular weight is 489 g/mol. The third kappa shape index (κ3) is 5.64. The number of halogens is 3. The molecular formula is C21H27Cl2FN4O2S. The molecule has 6 nitrogen and oxygen atoms in total. The third-order valence-electron chi connectivity index (χ3n) is 4.99. The van der Waals surface area contributed by atoms with Crippen LogP contribution in [0.15, 0.2) is 59.5 Å². The molecule has 0 radical (unpaired) electrons. The summed E-state index contributed by atoms with van der Waals surface area (Å²) in [6.07, 6.45) is 5.43. The predicted octanol–water partition coefficient (Wildman–Crippen LogP) is 3.84. The van der Waals surface area contributed by atoms with E-state index in [1.54, 1.807) is 24.5 Å². The van der Waals surface area contributed by atoms with Crippen LogP contribution >= 0.6 is 24.8 Å². The molecule has 0 saturated heterocycles. The monoisotopic (exact) mass is 488 g/mol. The van der Waals surface area contributed by atoms with Crippen molar-refractivity contribution in [2.75, 3.05) is 20.6 Å². The van der Waals surface area contributed by atoms with Crippen LogP contribution in [0.1, 0.15) is 16.8 Å². The average Bonchev–Trinajstić information content (AvgIpc) is 2.94. The summed E-state index contributed by atoms with van der Waals surface area (Å²) in [4.78, 5) is 4.48. The van der Waals surface area contributed by atoms with Gasteiger partial charge in [-0.05, 0) is 48.7 Å². The SMILES string of the molecule is Cc1c(Cc2ccc(S(=O)(=O)N(C)C)cc2)c2cnccc2n1CC(F)=CCN.Cl.Cl. The highest BCUT2D eigenvalue weighted by molar-refractivity contribution is 7.89. The van der Waals surface area contributed by atoms with Crippen LogP contribution in [0.5, 0.6) is 0 Å². The van der Waals surface area contributed by atoms with E-state index in [-0.39, 0.29) is 48.6 Å². The molecule has 170 valence electrons. The normalized spacial score (nSPS) is 12.0. The van der Waals surface area contributed by atoms with Gasteiger partial charge in [0, 0.05) is 44.1 Å². The first-order valence-electron chi connectivity index (χ1n) is 9.23. The Labute approximate surface area is 194 Å². The molecule has 10 heteroatoms. The minimum atomic E-state index is -3.46. The zero-order chi connectivity index (χ0) is 21.2. The molecule has 0 aliphatic heterocycles. The standard InChI is InChI=1S/C21H25FN4O2S.2ClH/c1-15-19(12-16-4-6-18(7-5-16)29(27,28)25(2)3)20-13-24-11-9-21(20)26(15)14-17(22)8-10-23;;/h4-9,11,13H,10,12,14,23H2,1-3H3;2*1H. The van der Waals surface area contributed by atoms with E-state index < -0.39 is 10.0 Å². The van der Waals surface area contributed by atoms with Crippen molar-refractivity contribution in [3.8, 4) is 0 Å². The van der Waals surface area contributed by atoms with Gasteiger partial charge >= 0.3 is 0 Å². The number of sulfonamides is 1. The van der Waals surface area contributed by atoms with Crippen molar-refractivity contribution in [2.45, 2.75) is 24.8 Å². The number of allylic oxidation sites excluding steroid dienone is 1. The predicted molar refractivity (Wildman–Crippen MR) is 127 cm³/mol. The van der Waals surface area contributed by atoms with E-state index in [1.807, 2.05) is 29.7 Å². The number of nitrogens with zero attached hydrogens (tertiary/aromatic N) is 3. The van der Waals surface area contributed by atoms with Crippen molar-refractivity contribution in [2.24, 2.45) is 5.73 Å². The molecule has 3 aromatic rings. The molecule has 31 heavy (non-hydrogen) atoms. The van der Waals surface area contributed by atoms with E-state index in [2.05, 4.69) is 4.98 Å². The number of hydrogen-bond donors (Lipinski definition) is 1. The maximum atomic E-state index is 14.1. The van der Waals surface area contributed by atoms with Gasteiger partial charge in [-0.25, -0.2) is 17.1 Å². The third-order valence-corrected chi connectivity index (χ3v) is 6.82. The molecule has 3 rings (SSSR count). The highest BCUT2D eigenvalue weighted by Crippen LogP contribution is 2.28. The van der Waals surface area contributed by atoms with Gasteiger partial charge in [-0.3, -0.25) is 4.98 Å². The summed E-state index contributed by atoms with van der Waals surface area (Å²) in [6.45, 7) is 2.22. The molecule has 0 amide bonds. The number of rotatable bonds is 7. The van der Waals surface area contributed by atoms with Crippen LogP contribution in [0.3, 0.4) is 0 Å². The zero-order valence-corrected chi connectivity index (χ0v) is 20.0. The summed E-state index contributed by atoms with van der Waals surface area (Å²) >= 11 is 0. The van der Waals surface area contributed by atoms with E-state index >= 15 is 0 Å². The fourth-order valence-corrected chi connectivity index (χ4v) is 4.26. The first kappa shape index (κ1) is 27.1. The molecule has 2 N–H and O–H groups in total. The number of aromatic nitrogens is 2. The van der Waals surface area contributed by atoms with Crippen molar-refractivity contribution in [3.05, 3.63) is 71.4 Å². The van der Waals surface area contributed by atoms with E-state index in [0.29, 0.717) is 6.42 Å². The molecule has 0 fully saturated rings. The second-order valence-corrected chi connectivity index (χ2v) is 9.19. The Bertz CT molecular complexity index is 1160. The van der Waals surface area contributed by atoms with Crippen molar-refractivity contribution < 1.29 is 12.8 Å². The minimum absolute atomic E-state index is 0. The van der Waals surface area contributed by atoms with Gasteiger partial charge in [0.1, 0.15) is 5.83 Å². The van der Waals surface area contributed by atoms with Crippen LogP contribution in [-0.4, -0.2) is 42.9 Å². The lowest BCUT2D eigenvalue weighted by molar-refractivity contribution is 0.520. The smallest absolute Gasteiger partial charge is 0.242 e. The van der Waals surface area contributed by atoms with Gasteiger partial charge in [-0.1, -0.05) is 12.1 Å². The van der Waals surface area contributed by atoms with E-state index in [0.717, 1.165) is 27.7 Å². The number of pyridine rings is 1. The highest BCUT2D eigenvalue weighted by atomic mass is 35.5. The van der Waals surface area contributed by atoms with E-state index in [9.17, 15) is 12.8 Å². The van der Waals surface area contributed by atoms with E-state index in [1.165, 1.54) is 24.5 Å². The van der Waals surface area contributed by atoms with E-state index in [4.69, 9.17) is 5.73 Å². The Morgan fingerprint density at radius 1 is 1.19 bits per heavy atom. The summed E-state index contributed by atoms with van der Waals surface area (Å²) in [5.41, 5.74) is 9.27. The quantitative estimate of drug-likeness (QED) is 0.547. The Morgan fingerprint density at radius 3 is 2.42 bits per heavy atom. The van der Waals surface area contributed by atoms with Gasteiger partial charge in [0.25, 0.3) is 0 Å². The maximum Gasteiger partial charge on any atom is 0.242 e. The van der Waals surface area contributed by atoms with Crippen LogP contribution in [0, 0.1) is 6.92 Å². The molecule has 0 bridgehead atoms. The molecule has 0 spiro atoms. The van der Waals surface area contributed by atoms with Crippen LogP contribution in [-0.2, 0) is 23.0 Å². The number of nitrogens with two attached hydrogens (primary N) is 1. The highest BCUT2D eigenvalue weighted by Gasteiger charge is 2.18. The Kier molecular flexibility index (Phi) is 9.66. The van der Waals surface area contributed by atoms with Crippen LogP contribution in [0.4, 0.5) is 4.39 Å². The van der Waals surface area contributed by atoms with Crippen molar-refractivity contribution in [1.29, 1.82) is 0 Å². The largest absolute Gasteiger partial charge is 0.338 e. The fraction of sp³-hybridized carbons (Fsp3) is 0.286. The number of fused-ring (bicyclic) bond motifs is 1. The van der Waals surface area contributed by atoms with Gasteiger partial charge in [-0.2, -0.15) is 0 Å². The molecule has 2 heterocycles. The summed E-state index contributed by atoms with van der Waals surface area (Å²) < 4.78 is 41.8. The lowest BCUT2D eigenvalue weighted by Gasteiger charge is -2.12. The Balaban J connectivity index is 0.00000240. The Hall–Kier alpha value is -1.97. The first-order chi connectivity index (χ1) is 13.8. The van der Waals surface area contributed by atoms with Gasteiger partial charge in [0.2, 0.25) is 10.0 Å². The summed E-state index contributed by atoms with van der Waals surface area (Å²) in [5, 5.41) is 0.954. The summed E-state index contributed by atoms with van der Waals surface area (Å²) in [6, 6.07) is 8.71. The van der Waals surface area contributed by atoms with Gasteiger partial charge in [0.05, 0.1) is 17.0 Å². The topological polar surface area (TPSA) is 81.2 Å². The lowest BCUT2D eigenvalue weighted by Crippen LogP contribution is -2.22. The molecule has 0 aliphatic carbocycles. The second-order valence-electron chi connectivity index (χ2n) is 7.04. The summed E-state index contributed by atoms with van der Waals surface area (Å²) in [7, 11) is -0.450. The molecule has 0 saturated carbocycles. The molecule has 0 unspecified atom stereocenters.